The molecule has 21 heavy (non-hydrogen) atoms. The highest BCUT2D eigenvalue weighted by atomic mass is 35.5. The zero-order chi connectivity index (χ0) is 15.6. The fourth-order valence-electron chi connectivity index (χ4n) is 1.65. The lowest BCUT2D eigenvalue weighted by Crippen LogP contribution is -2.15. The predicted molar refractivity (Wildman–Crippen MR) is 79.8 cm³/mol. The first kappa shape index (κ1) is 15.4. The molecule has 0 atom stereocenters. The van der Waals surface area contributed by atoms with Gasteiger partial charge in [0.2, 0.25) is 10.0 Å². The van der Waals surface area contributed by atoms with Gasteiger partial charge in [0.05, 0.1) is 21.2 Å². The Kier molecular flexibility index (Phi) is 4.26. The maximum absolute atomic E-state index is 12.1. The van der Waals surface area contributed by atoms with Crippen LogP contribution in [0, 0.1) is 6.92 Å². The van der Waals surface area contributed by atoms with Crippen molar-refractivity contribution in [2.24, 2.45) is 5.14 Å². The van der Waals surface area contributed by atoms with E-state index >= 15 is 0 Å². The van der Waals surface area contributed by atoms with Gasteiger partial charge in [0.15, 0.2) is 0 Å². The highest BCUT2D eigenvalue weighted by Gasteiger charge is 2.13. The Morgan fingerprint density at radius 1 is 1.29 bits per heavy atom. The van der Waals surface area contributed by atoms with Gasteiger partial charge in [0.25, 0.3) is 5.91 Å². The van der Waals surface area contributed by atoms with E-state index in [1.165, 1.54) is 24.4 Å². The first-order valence-corrected chi connectivity index (χ1v) is 7.75. The van der Waals surface area contributed by atoms with Crippen molar-refractivity contribution in [3.63, 3.8) is 0 Å². The number of aromatic nitrogens is 1. The van der Waals surface area contributed by atoms with E-state index in [-0.39, 0.29) is 15.6 Å². The van der Waals surface area contributed by atoms with Gasteiger partial charge in [0, 0.05) is 12.4 Å². The summed E-state index contributed by atoms with van der Waals surface area (Å²) in [7, 11) is -3.87. The summed E-state index contributed by atoms with van der Waals surface area (Å²) in [4.78, 5) is 15.9. The van der Waals surface area contributed by atoms with Crippen LogP contribution in [0.4, 0.5) is 5.69 Å². The maximum atomic E-state index is 12.1. The molecule has 0 aliphatic carbocycles. The normalized spacial score (nSPS) is 11.2. The number of benzene rings is 1. The van der Waals surface area contributed by atoms with Crippen molar-refractivity contribution in [1.82, 2.24) is 4.98 Å². The number of carbonyl (C=O) groups is 1. The smallest absolute Gasteiger partial charge is 0.257 e. The molecule has 2 aromatic rings. The molecule has 0 saturated carbocycles. The fourth-order valence-corrected chi connectivity index (χ4v) is 2.36. The summed E-state index contributed by atoms with van der Waals surface area (Å²) in [6, 6.07) is 5.48. The summed E-state index contributed by atoms with van der Waals surface area (Å²) in [5.41, 5.74) is 1.33. The number of amides is 1. The molecule has 3 N–H and O–H groups in total. The number of nitrogens with one attached hydrogen (secondary N) is 1. The van der Waals surface area contributed by atoms with Gasteiger partial charge < -0.3 is 5.32 Å². The molecule has 1 aromatic heterocycles. The number of halogens is 1. The first-order valence-electron chi connectivity index (χ1n) is 5.83. The molecule has 110 valence electrons. The molecule has 1 heterocycles. The van der Waals surface area contributed by atoms with Crippen molar-refractivity contribution in [3.8, 4) is 0 Å². The molecular weight excluding hydrogens is 314 g/mol. The van der Waals surface area contributed by atoms with Crippen molar-refractivity contribution >= 4 is 33.2 Å². The fraction of sp³-hybridized carbons (Fsp3) is 0.0769. The second kappa shape index (κ2) is 5.80. The molecule has 8 heteroatoms. The maximum Gasteiger partial charge on any atom is 0.257 e. The van der Waals surface area contributed by atoms with Crippen LogP contribution in [0.25, 0.3) is 0 Å². The molecule has 1 aromatic carbocycles. The van der Waals surface area contributed by atoms with Gasteiger partial charge in [-0.25, -0.2) is 13.6 Å². The standard InChI is InChI=1S/C13H12ClN3O3S/c1-8-4-9(7-16-6-8)13(18)17-12-5-10(21(15,19)20)2-3-11(12)14/h2-7H,1H3,(H,17,18)(H2,15,19,20). The van der Waals surface area contributed by atoms with E-state index in [2.05, 4.69) is 10.3 Å². The molecule has 0 saturated heterocycles. The number of hydrogen-bond acceptors (Lipinski definition) is 4. The molecule has 6 nitrogen and oxygen atoms in total. The second-order valence-electron chi connectivity index (χ2n) is 4.39. The summed E-state index contributed by atoms with van der Waals surface area (Å²) in [6.07, 6.45) is 3.02. The summed E-state index contributed by atoms with van der Waals surface area (Å²) in [6.45, 7) is 1.80. The average Bonchev–Trinajstić information content (AvgIpc) is 2.40. The topological polar surface area (TPSA) is 102 Å². The molecule has 0 spiro atoms. The van der Waals surface area contributed by atoms with Crippen molar-refractivity contribution in [3.05, 3.63) is 52.8 Å². The van der Waals surface area contributed by atoms with Crippen LogP contribution in [0.2, 0.25) is 5.02 Å². The van der Waals surface area contributed by atoms with Gasteiger partial charge in [-0.2, -0.15) is 0 Å². The largest absolute Gasteiger partial charge is 0.321 e. The number of hydrogen-bond donors (Lipinski definition) is 2. The molecule has 1 amide bonds. The molecule has 0 bridgehead atoms. The first-order chi connectivity index (χ1) is 9.77. The Labute approximate surface area is 127 Å². The lowest BCUT2D eigenvalue weighted by Gasteiger charge is -2.09. The zero-order valence-corrected chi connectivity index (χ0v) is 12.6. The molecular formula is C13H12ClN3O3S. The highest BCUT2D eigenvalue weighted by molar-refractivity contribution is 7.89. The van der Waals surface area contributed by atoms with Crippen LogP contribution in [0.1, 0.15) is 15.9 Å². The molecule has 2 rings (SSSR count). The predicted octanol–water partition coefficient (Wildman–Crippen LogP) is 1.94. The van der Waals surface area contributed by atoms with Crippen molar-refractivity contribution < 1.29 is 13.2 Å². The minimum absolute atomic E-state index is 0.135. The van der Waals surface area contributed by atoms with Crippen LogP contribution in [-0.2, 0) is 10.0 Å². The molecule has 0 aliphatic heterocycles. The number of aryl methyl sites for hydroxylation is 1. The SMILES string of the molecule is Cc1cncc(C(=O)Nc2cc(S(N)(=O)=O)ccc2Cl)c1. The minimum atomic E-state index is -3.87. The lowest BCUT2D eigenvalue weighted by molar-refractivity contribution is 0.102. The molecule has 0 aliphatic rings. The van der Waals surface area contributed by atoms with E-state index in [9.17, 15) is 13.2 Å². The van der Waals surface area contributed by atoms with Crippen molar-refractivity contribution in [2.45, 2.75) is 11.8 Å². The number of sulfonamides is 1. The van der Waals surface area contributed by atoms with E-state index in [0.717, 1.165) is 5.56 Å². The number of rotatable bonds is 3. The third-order valence-corrected chi connectivity index (χ3v) is 3.89. The van der Waals surface area contributed by atoms with Gasteiger partial charge in [-0.05, 0) is 36.8 Å². The Morgan fingerprint density at radius 2 is 2.00 bits per heavy atom. The molecule has 0 fully saturated rings. The number of carbonyl (C=O) groups excluding carboxylic acids is 1. The summed E-state index contributed by atoms with van der Waals surface area (Å²) in [5, 5.41) is 7.78. The number of anilines is 1. The number of pyridine rings is 1. The average molecular weight is 326 g/mol. The molecule has 0 unspecified atom stereocenters. The zero-order valence-electron chi connectivity index (χ0n) is 11.0. The summed E-state index contributed by atoms with van der Waals surface area (Å²) >= 11 is 5.94. The number of nitrogens with two attached hydrogens (primary N) is 1. The van der Waals surface area contributed by atoms with E-state index in [1.807, 2.05) is 0 Å². The number of primary sulfonamides is 1. The Morgan fingerprint density at radius 3 is 2.62 bits per heavy atom. The quantitative estimate of drug-likeness (QED) is 0.900. The van der Waals surface area contributed by atoms with Gasteiger partial charge in [-0.3, -0.25) is 9.78 Å². The lowest BCUT2D eigenvalue weighted by atomic mass is 10.2. The van der Waals surface area contributed by atoms with E-state index in [1.54, 1.807) is 19.2 Å². The van der Waals surface area contributed by atoms with Crippen LogP contribution >= 0.6 is 11.6 Å². The third kappa shape index (κ3) is 3.78. The van der Waals surface area contributed by atoms with Gasteiger partial charge in [-0.15, -0.1) is 0 Å². The summed E-state index contributed by atoms with van der Waals surface area (Å²) < 4.78 is 22.6. The summed E-state index contributed by atoms with van der Waals surface area (Å²) in [5.74, 6) is -0.445. The van der Waals surface area contributed by atoms with Crippen LogP contribution in [-0.4, -0.2) is 19.3 Å². The van der Waals surface area contributed by atoms with Crippen LogP contribution in [0.15, 0.2) is 41.6 Å². The number of nitrogens with zero attached hydrogens (tertiary/aromatic N) is 1. The van der Waals surface area contributed by atoms with Gasteiger partial charge in [-0.1, -0.05) is 11.6 Å². The van der Waals surface area contributed by atoms with Crippen molar-refractivity contribution in [2.75, 3.05) is 5.32 Å². The second-order valence-corrected chi connectivity index (χ2v) is 6.36. The Balaban J connectivity index is 2.33. The Hall–Kier alpha value is -1.96. The van der Waals surface area contributed by atoms with Gasteiger partial charge >= 0.3 is 0 Å². The van der Waals surface area contributed by atoms with Crippen molar-refractivity contribution in [1.29, 1.82) is 0 Å². The van der Waals surface area contributed by atoms with E-state index in [4.69, 9.17) is 16.7 Å². The van der Waals surface area contributed by atoms with Gasteiger partial charge in [0.1, 0.15) is 0 Å². The van der Waals surface area contributed by atoms with E-state index in [0.29, 0.717) is 5.56 Å². The highest BCUT2D eigenvalue weighted by Crippen LogP contribution is 2.25. The molecule has 0 radical (unpaired) electrons. The minimum Gasteiger partial charge on any atom is -0.321 e. The van der Waals surface area contributed by atoms with Crippen LogP contribution < -0.4 is 10.5 Å². The van der Waals surface area contributed by atoms with E-state index < -0.39 is 15.9 Å². The van der Waals surface area contributed by atoms with Crippen LogP contribution in [0.3, 0.4) is 0 Å². The Bertz CT molecular complexity index is 806. The van der Waals surface area contributed by atoms with Crippen LogP contribution in [0.5, 0.6) is 0 Å². The monoisotopic (exact) mass is 325 g/mol. The third-order valence-electron chi connectivity index (χ3n) is 2.65.